The van der Waals surface area contributed by atoms with Gasteiger partial charge in [0, 0.05) is 18.8 Å². The molecule has 0 fully saturated rings. The van der Waals surface area contributed by atoms with Gasteiger partial charge in [0.1, 0.15) is 11.6 Å². The number of halogens is 1. The molecular formula is C20H15FN4O2. The van der Waals surface area contributed by atoms with Crippen LogP contribution in [-0.4, -0.2) is 25.6 Å². The summed E-state index contributed by atoms with van der Waals surface area (Å²) in [6, 6.07) is 9.89. The maximum absolute atomic E-state index is 13.3. The van der Waals surface area contributed by atoms with Crippen molar-refractivity contribution in [2.75, 3.05) is 0 Å². The average Bonchev–Trinajstić information content (AvgIpc) is 3.30. The van der Waals surface area contributed by atoms with Gasteiger partial charge in [-0.05, 0) is 36.8 Å². The predicted octanol–water partition coefficient (Wildman–Crippen LogP) is 3.74. The molecule has 7 heteroatoms. The third-order valence-electron chi connectivity index (χ3n) is 5.02. The first-order valence-corrected chi connectivity index (χ1v) is 8.69. The summed E-state index contributed by atoms with van der Waals surface area (Å²) in [5.41, 5.74) is 4.00. The summed E-state index contributed by atoms with van der Waals surface area (Å²) < 4.78 is 20.5. The zero-order chi connectivity index (χ0) is 18.5. The number of ketones is 1. The van der Waals surface area contributed by atoms with Crippen molar-refractivity contribution >= 4 is 11.4 Å². The number of rotatable bonds is 2. The number of aryl methyl sites for hydroxylation is 1. The molecule has 27 heavy (non-hydrogen) atoms. The SMILES string of the molecule is Cc1nn2c3c(nnc2c1-c1ccc(F)cc1)C(=O)C[C@@H](c1ccco1)C3. The van der Waals surface area contributed by atoms with E-state index < -0.39 is 0 Å². The lowest BCUT2D eigenvalue weighted by Crippen LogP contribution is -2.24. The van der Waals surface area contributed by atoms with Crippen molar-refractivity contribution in [1.29, 1.82) is 0 Å². The number of Topliss-reactive ketones (excluding diaryl/α,β-unsaturated/α-hetero) is 1. The Balaban J connectivity index is 1.69. The summed E-state index contributed by atoms with van der Waals surface area (Å²) in [5.74, 6) is 0.361. The number of carbonyl (C=O) groups is 1. The molecule has 3 aromatic heterocycles. The zero-order valence-corrected chi connectivity index (χ0v) is 14.5. The first-order valence-electron chi connectivity index (χ1n) is 8.69. The van der Waals surface area contributed by atoms with E-state index in [-0.39, 0.29) is 17.5 Å². The van der Waals surface area contributed by atoms with Gasteiger partial charge < -0.3 is 4.42 Å². The fourth-order valence-electron chi connectivity index (χ4n) is 3.76. The van der Waals surface area contributed by atoms with Gasteiger partial charge in [0.25, 0.3) is 0 Å². The fraction of sp³-hybridized carbons (Fsp3) is 0.200. The van der Waals surface area contributed by atoms with Gasteiger partial charge in [-0.25, -0.2) is 8.91 Å². The molecular weight excluding hydrogens is 347 g/mol. The average molecular weight is 362 g/mol. The molecule has 4 aromatic rings. The van der Waals surface area contributed by atoms with Crippen LogP contribution < -0.4 is 0 Å². The summed E-state index contributed by atoms with van der Waals surface area (Å²) in [6.45, 7) is 1.87. The highest BCUT2D eigenvalue weighted by atomic mass is 19.1. The second-order valence-electron chi connectivity index (χ2n) is 6.74. The smallest absolute Gasteiger partial charge is 0.185 e. The molecule has 1 aromatic carbocycles. The number of hydrogen-bond acceptors (Lipinski definition) is 5. The molecule has 1 atom stereocenters. The molecule has 0 saturated carbocycles. The predicted molar refractivity (Wildman–Crippen MR) is 95.0 cm³/mol. The van der Waals surface area contributed by atoms with Gasteiger partial charge in [0.15, 0.2) is 17.1 Å². The maximum Gasteiger partial charge on any atom is 0.185 e. The Morgan fingerprint density at radius 3 is 2.70 bits per heavy atom. The van der Waals surface area contributed by atoms with Gasteiger partial charge in [0.2, 0.25) is 0 Å². The van der Waals surface area contributed by atoms with Crippen molar-refractivity contribution in [1.82, 2.24) is 19.8 Å². The number of hydrogen-bond donors (Lipinski definition) is 0. The van der Waals surface area contributed by atoms with Crippen LogP contribution >= 0.6 is 0 Å². The number of furan rings is 1. The lowest BCUT2D eigenvalue weighted by Gasteiger charge is -2.21. The number of benzene rings is 1. The van der Waals surface area contributed by atoms with E-state index >= 15 is 0 Å². The van der Waals surface area contributed by atoms with Crippen molar-refractivity contribution in [3.05, 3.63) is 71.3 Å². The third-order valence-corrected chi connectivity index (χ3v) is 5.02. The molecule has 1 aliphatic rings. The van der Waals surface area contributed by atoms with Crippen LogP contribution in [0.15, 0.2) is 47.1 Å². The Kier molecular flexibility index (Phi) is 3.43. The molecule has 0 bridgehead atoms. The molecule has 0 amide bonds. The van der Waals surface area contributed by atoms with Gasteiger partial charge in [-0.2, -0.15) is 5.10 Å². The Hall–Kier alpha value is -3.35. The van der Waals surface area contributed by atoms with Crippen molar-refractivity contribution in [3.63, 3.8) is 0 Å². The normalized spacial score (nSPS) is 16.7. The minimum atomic E-state index is -0.303. The van der Waals surface area contributed by atoms with Crippen LogP contribution in [0.1, 0.15) is 40.0 Å². The Bertz CT molecular complexity index is 1160. The summed E-state index contributed by atoms with van der Waals surface area (Å²) >= 11 is 0. The lowest BCUT2D eigenvalue weighted by molar-refractivity contribution is 0.0951. The van der Waals surface area contributed by atoms with Crippen LogP contribution in [0.3, 0.4) is 0 Å². The van der Waals surface area contributed by atoms with Gasteiger partial charge >= 0.3 is 0 Å². The summed E-state index contributed by atoms with van der Waals surface area (Å²) in [7, 11) is 0. The maximum atomic E-state index is 13.3. The molecule has 0 unspecified atom stereocenters. The second-order valence-corrected chi connectivity index (χ2v) is 6.74. The van der Waals surface area contributed by atoms with E-state index in [0.29, 0.717) is 24.2 Å². The topological polar surface area (TPSA) is 73.3 Å². The Morgan fingerprint density at radius 2 is 1.96 bits per heavy atom. The van der Waals surface area contributed by atoms with Crippen LogP contribution in [0.4, 0.5) is 4.39 Å². The van der Waals surface area contributed by atoms with E-state index in [1.165, 1.54) is 12.1 Å². The van der Waals surface area contributed by atoms with E-state index in [9.17, 15) is 9.18 Å². The lowest BCUT2D eigenvalue weighted by atomic mass is 9.87. The minimum absolute atomic E-state index is 0.0498. The van der Waals surface area contributed by atoms with Crippen LogP contribution in [0.25, 0.3) is 16.8 Å². The fourth-order valence-corrected chi connectivity index (χ4v) is 3.76. The number of nitrogens with zero attached hydrogens (tertiary/aromatic N) is 4. The standard InChI is InChI=1S/C20H15FN4O2/c1-11-18(12-4-6-14(21)7-5-12)20-23-22-19-15(25(20)24-11)9-13(10-16(19)26)17-3-2-8-27-17/h2-8,13H,9-10H2,1H3/t13-/m0/s1. The molecule has 5 rings (SSSR count). The van der Waals surface area contributed by atoms with Gasteiger partial charge in [0.05, 0.1) is 23.2 Å². The molecule has 0 N–H and O–H groups in total. The molecule has 0 radical (unpaired) electrons. The van der Waals surface area contributed by atoms with Crippen molar-refractivity contribution in [2.24, 2.45) is 0 Å². The van der Waals surface area contributed by atoms with Crippen molar-refractivity contribution in [3.8, 4) is 11.1 Å². The highest BCUT2D eigenvalue weighted by molar-refractivity contribution is 5.97. The van der Waals surface area contributed by atoms with E-state index in [1.807, 2.05) is 19.1 Å². The summed E-state index contributed by atoms with van der Waals surface area (Å²) in [6.07, 6.45) is 2.54. The Labute approximate surface area is 153 Å². The minimum Gasteiger partial charge on any atom is -0.469 e. The monoisotopic (exact) mass is 362 g/mol. The van der Waals surface area contributed by atoms with Crippen LogP contribution in [0.2, 0.25) is 0 Å². The molecule has 1 aliphatic carbocycles. The van der Waals surface area contributed by atoms with Crippen LogP contribution in [0, 0.1) is 12.7 Å². The number of fused-ring (bicyclic) bond motifs is 3. The van der Waals surface area contributed by atoms with Crippen molar-refractivity contribution in [2.45, 2.75) is 25.7 Å². The largest absolute Gasteiger partial charge is 0.469 e. The zero-order valence-electron chi connectivity index (χ0n) is 14.5. The summed E-state index contributed by atoms with van der Waals surface area (Å²) in [4.78, 5) is 12.6. The molecule has 134 valence electrons. The second kappa shape index (κ2) is 5.84. The molecule has 6 nitrogen and oxygen atoms in total. The number of aromatic nitrogens is 4. The van der Waals surface area contributed by atoms with Crippen LogP contribution in [0.5, 0.6) is 0 Å². The van der Waals surface area contributed by atoms with E-state index in [2.05, 4.69) is 15.3 Å². The number of carbonyl (C=O) groups excluding carboxylic acids is 1. The van der Waals surface area contributed by atoms with Gasteiger partial charge in [-0.1, -0.05) is 12.1 Å². The van der Waals surface area contributed by atoms with Crippen molar-refractivity contribution < 1.29 is 13.6 Å². The molecule has 0 spiro atoms. The molecule has 0 saturated heterocycles. The van der Waals surface area contributed by atoms with Gasteiger partial charge in [-0.3, -0.25) is 4.79 Å². The molecule has 3 heterocycles. The van der Waals surface area contributed by atoms with Gasteiger partial charge in [-0.15, -0.1) is 10.2 Å². The highest BCUT2D eigenvalue weighted by Gasteiger charge is 2.32. The van der Waals surface area contributed by atoms with E-state index in [1.54, 1.807) is 22.9 Å². The van der Waals surface area contributed by atoms with E-state index in [0.717, 1.165) is 28.3 Å². The Morgan fingerprint density at radius 1 is 1.15 bits per heavy atom. The summed E-state index contributed by atoms with van der Waals surface area (Å²) in [5, 5.41) is 13.1. The van der Waals surface area contributed by atoms with E-state index in [4.69, 9.17) is 4.42 Å². The first kappa shape index (κ1) is 15.9. The first-order chi connectivity index (χ1) is 13.1. The highest BCUT2D eigenvalue weighted by Crippen LogP contribution is 2.34. The quantitative estimate of drug-likeness (QED) is 0.543. The molecule has 0 aliphatic heterocycles. The van der Waals surface area contributed by atoms with Crippen LogP contribution in [-0.2, 0) is 6.42 Å². The third kappa shape index (κ3) is 2.46.